The summed E-state index contributed by atoms with van der Waals surface area (Å²) in [6, 6.07) is 2.06. The largest absolute Gasteiger partial charge is 0.244 e. The van der Waals surface area contributed by atoms with E-state index >= 15 is 0 Å². The van der Waals surface area contributed by atoms with Crippen LogP contribution in [0.4, 0.5) is 0 Å². The van der Waals surface area contributed by atoms with Crippen LogP contribution in [-0.2, 0) is 6.42 Å². The Labute approximate surface area is 155 Å². The lowest BCUT2D eigenvalue weighted by Gasteiger charge is -2.07. The van der Waals surface area contributed by atoms with Crippen molar-refractivity contribution in [2.75, 3.05) is 0 Å². The van der Waals surface area contributed by atoms with Crippen molar-refractivity contribution in [3.63, 3.8) is 0 Å². The predicted octanol–water partition coefficient (Wildman–Crippen LogP) is 8.07. The summed E-state index contributed by atoms with van der Waals surface area (Å²) in [6.07, 6.45) is 22.5. The summed E-state index contributed by atoms with van der Waals surface area (Å²) < 4.78 is 0. The molecule has 0 aliphatic rings. The van der Waals surface area contributed by atoms with Crippen LogP contribution in [0, 0.1) is 6.92 Å². The van der Waals surface area contributed by atoms with Crippen molar-refractivity contribution in [1.82, 2.24) is 4.98 Å². The molecule has 0 aliphatic heterocycles. The number of aryl methyl sites for hydroxylation is 1. The molecule has 1 aromatic heterocycles. The van der Waals surface area contributed by atoms with Gasteiger partial charge in [-0.25, -0.2) is 4.98 Å². The smallest absolute Gasteiger partial charge is 0.132 e. The molecule has 2 heteroatoms. The molecule has 0 aliphatic carbocycles. The predicted molar refractivity (Wildman–Crippen MR) is 108 cm³/mol. The molecule has 138 valence electrons. The van der Waals surface area contributed by atoms with Crippen molar-refractivity contribution in [3.8, 4) is 0 Å². The van der Waals surface area contributed by atoms with Crippen LogP contribution < -0.4 is 0 Å². The van der Waals surface area contributed by atoms with E-state index in [1.54, 1.807) is 6.20 Å². The van der Waals surface area contributed by atoms with E-state index in [4.69, 9.17) is 11.6 Å². The van der Waals surface area contributed by atoms with Crippen LogP contribution in [0.3, 0.4) is 0 Å². The fourth-order valence-electron chi connectivity index (χ4n) is 3.35. The molecule has 0 amide bonds. The van der Waals surface area contributed by atoms with Crippen molar-refractivity contribution in [2.45, 2.75) is 110 Å². The van der Waals surface area contributed by atoms with E-state index in [1.807, 2.05) is 0 Å². The SMILES string of the molecule is CCCCCCCCCCCCCCCCc1c(C)ccnc1Cl. The van der Waals surface area contributed by atoms with Gasteiger partial charge in [-0.15, -0.1) is 0 Å². The molecule has 1 rings (SSSR count). The van der Waals surface area contributed by atoms with Crippen molar-refractivity contribution < 1.29 is 0 Å². The Bertz CT molecular complexity index is 396. The zero-order valence-corrected chi connectivity index (χ0v) is 16.8. The fourth-order valence-corrected chi connectivity index (χ4v) is 3.65. The number of halogens is 1. The molecule has 0 unspecified atom stereocenters. The molecule has 1 nitrogen and oxygen atoms in total. The normalized spacial score (nSPS) is 11.1. The number of hydrogen-bond acceptors (Lipinski definition) is 1. The summed E-state index contributed by atoms with van der Waals surface area (Å²) in [5.41, 5.74) is 2.53. The first-order valence-electron chi connectivity index (χ1n) is 10.4. The van der Waals surface area contributed by atoms with Gasteiger partial charge in [0, 0.05) is 6.20 Å². The monoisotopic (exact) mass is 351 g/mol. The number of unbranched alkanes of at least 4 members (excludes halogenated alkanes) is 13. The molecule has 1 heterocycles. The van der Waals surface area contributed by atoms with Gasteiger partial charge < -0.3 is 0 Å². The molecule has 0 atom stereocenters. The summed E-state index contributed by atoms with van der Waals surface area (Å²) in [6.45, 7) is 4.42. The van der Waals surface area contributed by atoms with Gasteiger partial charge in [-0.3, -0.25) is 0 Å². The molecular formula is C22H38ClN. The average molecular weight is 352 g/mol. The molecule has 24 heavy (non-hydrogen) atoms. The summed E-state index contributed by atoms with van der Waals surface area (Å²) in [4.78, 5) is 4.19. The molecule has 1 aromatic rings. The Hall–Kier alpha value is -0.560. The third-order valence-electron chi connectivity index (χ3n) is 5.02. The van der Waals surface area contributed by atoms with E-state index < -0.39 is 0 Å². The Morgan fingerprint density at radius 3 is 1.67 bits per heavy atom. The van der Waals surface area contributed by atoms with E-state index in [0.29, 0.717) is 5.15 Å². The van der Waals surface area contributed by atoms with Crippen LogP contribution >= 0.6 is 11.6 Å². The van der Waals surface area contributed by atoms with Gasteiger partial charge in [-0.2, -0.15) is 0 Å². The first-order chi connectivity index (χ1) is 11.8. The number of nitrogens with zero attached hydrogens (tertiary/aromatic N) is 1. The lowest BCUT2D eigenvalue weighted by molar-refractivity contribution is 0.535. The van der Waals surface area contributed by atoms with Crippen LogP contribution in [0.5, 0.6) is 0 Å². The zero-order valence-electron chi connectivity index (χ0n) is 16.1. The van der Waals surface area contributed by atoms with Crippen LogP contribution in [0.1, 0.15) is 108 Å². The van der Waals surface area contributed by atoms with Gasteiger partial charge in [-0.05, 0) is 37.0 Å². The van der Waals surface area contributed by atoms with E-state index in [1.165, 1.54) is 101 Å². The van der Waals surface area contributed by atoms with Gasteiger partial charge in [0.05, 0.1) is 0 Å². The van der Waals surface area contributed by atoms with E-state index in [9.17, 15) is 0 Å². The van der Waals surface area contributed by atoms with Gasteiger partial charge in [0.15, 0.2) is 0 Å². The van der Waals surface area contributed by atoms with Crippen molar-refractivity contribution in [2.24, 2.45) is 0 Å². The average Bonchev–Trinajstić information content (AvgIpc) is 2.57. The second kappa shape index (κ2) is 14.8. The van der Waals surface area contributed by atoms with Gasteiger partial charge in [0.1, 0.15) is 5.15 Å². The van der Waals surface area contributed by atoms with Crippen LogP contribution in [-0.4, -0.2) is 4.98 Å². The quantitative estimate of drug-likeness (QED) is 0.230. The maximum absolute atomic E-state index is 6.18. The topological polar surface area (TPSA) is 12.9 Å². The van der Waals surface area contributed by atoms with Crippen molar-refractivity contribution >= 4 is 11.6 Å². The maximum Gasteiger partial charge on any atom is 0.132 e. The highest BCUT2D eigenvalue weighted by Crippen LogP contribution is 2.20. The minimum Gasteiger partial charge on any atom is -0.244 e. The van der Waals surface area contributed by atoms with Crippen LogP contribution in [0.15, 0.2) is 12.3 Å². The Morgan fingerprint density at radius 1 is 0.750 bits per heavy atom. The molecule has 0 spiro atoms. The van der Waals surface area contributed by atoms with Crippen molar-refractivity contribution in [1.29, 1.82) is 0 Å². The minimum absolute atomic E-state index is 0.699. The zero-order chi connectivity index (χ0) is 17.5. The molecule has 0 fully saturated rings. The Kier molecular flexibility index (Phi) is 13.2. The third-order valence-corrected chi connectivity index (χ3v) is 5.34. The van der Waals surface area contributed by atoms with Gasteiger partial charge >= 0.3 is 0 Å². The lowest BCUT2D eigenvalue weighted by Crippen LogP contribution is -1.93. The molecular weight excluding hydrogens is 314 g/mol. The second-order valence-electron chi connectivity index (χ2n) is 7.24. The number of aromatic nitrogens is 1. The molecule has 0 radical (unpaired) electrons. The lowest BCUT2D eigenvalue weighted by atomic mass is 10.0. The van der Waals surface area contributed by atoms with Gasteiger partial charge in [0.25, 0.3) is 0 Å². The fraction of sp³-hybridized carbons (Fsp3) is 0.773. The Morgan fingerprint density at radius 2 is 1.21 bits per heavy atom. The molecule has 0 aromatic carbocycles. The van der Waals surface area contributed by atoms with Crippen molar-refractivity contribution in [3.05, 3.63) is 28.5 Å². The highest BCUT2D eigenvalue weighted by atomic mass is 35.5. The van der Waals surface area contributed by atoms with E-state index in [2.05, 4.69) is 24.9 Å². The number of pyridine rings is 1. The second-order valence-corrected chi connectivity index (χ2v) is 7.60. The summed E-state index contributed by atoms with van der Waals surface area (Å²) in [5, 5.41) is 0.699. The summed E-state index contributed by atoms with van der Waals surface area (Å²) in [7, 11) is 0. The first-order valence-corrected chi connectivity index (χ1v) is 10.7. The minimum atomic E-state index is 0.699. The molecule has 0 N–H and O–H groups in total. The molecule has 0 bridgehead atoms. The third kappa shape index (κ3) is 10.3. The van der Waals surface area contributed by atoms with Crippen LogP contribution in [0.2, 0.25) is 5.15 Å². The molecule has 0 saturated carbocycles. The van der Waals surface area contributed by atoms with Gasteiger partial charge in [-0.1, -0.05) is 102 Å². The number of rotatable bonds is 15. The summed E-state index contributed by atoms with van der Waals surface area (Å²) >= 11 is 6.18. The number of hydrogen-bond donors (Lipinski definition) is 0. The first kappa shape index (κ1) is 21.5. The maximum atomic E-state index is 6.18. The van der Waals surface area contributed by atoms with E-state index in [0.717, 1.165) is 6.42 Å². The Balaban J connectivity index is 1.86. The molecule has 0 saturated heterocycles. The van der Waals surface area contributed by atoms with Crippen LogP contribution in [0.25, 0.3) is 0 Å². The standard InChI is InChI=1S/C22H38ClN/c1-3-4-5-6-7-8-9-10-11-12-13-14-15-16-17-21-20(2)18-19-24-22(21)23/h18-19H,3-17H2,1-2H3. The highest BCUT2D eigenvalue weighted by Gasteiger charge is 2.04. The summed E-state index contributed by atoms with van der Waals surface area (Å²) in [5.74, 6) is 0. The van der Waals surface area contributed by atoms with E-state index in [-0.39, 0.29) is 0 Å². The van der Waals surface area contributed by atoms with Gasteiger partial charge in [0.2, 0.25) is 0 Å². The highest BCUT2D eigenvalue weighted by molar-refractivity contribution is 6.30.